The minimum Gasteiger partial charge on any atom is -0.319 e. The Morgan fingerprint density at radius 3 is 2.75 bits per heavy atom. The van der Waals surface area contributed by atoms with Gasteiger partial charge in [0.15, 0.2) is 0 Å². The molecule has 1 aliphatic rings. The van der Waals surface area contributed by atoms with Gasteiger partial charge in [-0.2, -0.15) is 5.10 Å². The Morgan fingerprint density at radius 2 is 1.96 bits per heavy atom. The lowest BCUT2D eigenvalue weighted by molar-refractivity contribution is -0.118. The molecule has 0 unspecified atom stereocenters. The van der Waals surface area contributed by atoms with Crippen molar-refractivity contribution in [1.82, 2.24) is 9.78 Å². The van der Waals surface area contributed by atoms with Crippen molar-refractivity contribution < 1.29 is 9.59 Å². The minimum atomic E-state index is -0.178. The lowest BCUT2D eigenvalue weighted by atomic mass is 10.1. The van der Waals surface area contributed by atoms with Crippen molar-refractivity contribution in [3.8, 4) is 0 Å². The predicted molar refractivity (Wildman–Crippen MR) is 109 cm³/mol. The summed E-state index contributed by atoms with van der Waals surface area (Å²) in [5, 5.41) is 7.21. The monoisotopic (exact) mass is 374 g/mol. The number of hydrogen-bond acceptors (Lipinski definition) is 3. The normalized spacial score (nSPS) is 12.7. The molecule has 0 atom stereocenters. The van der Waals surface area contributed by atoms with Gasteiger partial charge in [0.05, 0.1) is 18.4 Å². The predicted octanol–water partition coefficient (Wildman–Crippen LogP) is 3.48. The lowest BCUT2D eigenvalue weighted by Crippen LogP contribution is -2.27. The van der Waals surface area contributed by atoms with Crippen molar-refractivity contribution in [2.45, 2.75) is 26.3 Å². The maximum absolute atomic E-state index is 12.6. The number of carbonyl (C=O) groups excluding carboxylic acids is 2. The standard InChI is InChI=1S/C22H22N4O2/c1-2-21(27)26-11-10-17-12-18(8-9-20(17)26)22(28)24-19-13-23-25(15-19)14-16-6-4-3-5-7-16/h3-9,12-13,15H,2,10-11,14H2,1H3,(H,24,28). The molecule has 6 nitrogen and oxygen atoms in total. The van der Waals surface area contributed by atoms with Gasteiger partial charge in [-0.05, 0) is 35.7 Å². The Kier molecular flexibility index (Phi) is 4.93. The molecule has 0 fully saturated rings. The number of anilines is 2. The highest BCUT2D eigenvalue weighted by atomic mass is 16.2. The first kappa shape index (κ1) is 18.0. The summed E-state index contributed by atoms with van der Waals surface area (Å²) in [6, 6.07) is 15.5. The van der Waals surface area contributed by atoms with Crippen molar-refractivity contribution in [2.24, 2.45) is 0 Å². The fourth-order valence-corrected chi connectivity index (χ4v) is 3.48. The molecule has 0 saturated carbocycles. The van der Waals surface area contributed by atoms with Gasteiger partial charge in [0.1, 0.15) is 0 Å². The average Bonchev–Trinajstić information content (AvgIpc) is 3.34. The van der Waals surface area contributed by atoms with Gasteiger partial charge in [-0.3, -0.25) is 14.3 Å². The van der Waals surface area contributed by atoms with E-state index in [4.69, 9.17) is 0 Å². The van der Waals surface area contributed by atoms with E-state index >= 15 is 0 Å². The summed E-state index contributed by atoms with van der Waals surface area (Å²) in [6.45, 7) is 3.19. The Labute approximate surface area is 163 Å². The van der Waals surface area contributed by atoms with Crippen LogP contribution in [0.2, 0.25) is 0 Å². The molecule has 142 valence electrons. The van der Waals surface area contributed by atoms with E-state index in [-0.39, 0.29) is 11.8 Å². The largest absolute Gasteiger partial charge is 0.319 e. The van der Waals surface area contributed by atoms with E-state index in [0.717, 1.165) is 23.2 Å². The summed E-state index contributed by atoms with van der Waals surface area (Å²) in [6.07, 6.45) is 4.72. The second kappa shape index (κ2) is 7.68. The fraction of sp³-hybridized carbons (Fsp3) is 0.227. The van der Waals surface area contributed by atoms with Gasteiger partial charge < -0.3 is 10.2 Å². The quantitative estimate of drug-likeness (QED) is 0.743. The third kappa shape index (κ3) is 3.67. The van der Waals surface area contributed by atoms with Crippen LogP contribution in [-0.4, -0.2) is 28.1 Å². The lowest BCUT2D eigenvalue weighted by Gasteiger charge is -2.16. The molecule has 1 aliphatic heterocycles. The average molecular weight is 374 g/mol. The molecule has 2 heterocycles. The third-order valence-electron chi connectivity index (χ3n) is 4.92. The van der Waals surface area contributed by atoms with Crippen LogP contribution in [0.25, 0.3) is 0 Å². The molecule has 2 aromatic carbocycles. The molecule has 0 spiro atoms. The van der Waals surface area contributed by atoms with Crippen LogP contribution < -0.4 is 10.2 Å². The Bertz CT molecular complexity index is 1010. The number of amides is 2. The van der Waals surface area contributed by atoms with Gasteiger partial charge in [0.2, 0.25) is 5.91 Å². The van der Waals surface area contributed by atoms with Crippen LogP contribution in [0.15, 0.2) is 60.9 Å². The summed E-state index contributed by atoms with van der Waals surface area (Å²) in [5.74, 6) is -0.0656. The highest BCUT2D eigenvalue weighted by molar-refractivity contribution is 6.05. The maximum Gasteiger partial charge on any atom is 0.255 e. The molecule has 6 heteroatoms. The molecule has 0 radical (unpaired) electrons. The number of aromatic nitrogens is 2. The summed E-state index contributed by atoms with van der Waals surface area (Å²) in [4.78, 5) is 26.4. The zero-order chi connectivity index (χ0) is 19.5. The topological polar surface area (TPSA) is 67.2 Å². The van der Waals surface area contributed by atoms with E-state index in [1.54, 1.807) is 21.8 Å². The summed E-state index contributed by atoms with van der Waals surface area (Å²) >= 11 is 0. The Hall–Kier alpha value is -3.41. The maximum atomic E-state index is 12.6. The van der Waals surface area contributed by atoms with Gasteiger partial charge >= 0.3 is 0 Å². The summed E-state index contributed by atoms with van der Waals surface area (Å²) in [5.41, 5.74) is 4.34. The van der Waals surface area contributed by atoms with E-state index in [9.17, 15) is 9.59 Å². The second-order valence-corrected chi connectivity index (χ2v) is 6.86. The molecular formula is C22H22N4O2. The fourth-order valence-electron chi connectivity index (χ4n) is 3.48. The van der Waals surface area contributed by atoms with E-state index in [2.05, 4.69) is 10.4 Å². The van der Waals surface area contributed by atoms with Crippen molar-refractivity contribution in [1.29, 1.82) is 0 Å². The third-order valence-corrected chi connectivity index (χ3v) is 4.92. The van der Waals surface area contributed by atoms with Crippen LogP contribution in [-0.2, 0) is 17.8 Å². The Balaban J connectivity index is 1.44. The number of hydrogen-bond donors (Lipinski definition) is 1. The van der Waals surface area contributed by atoms with Crippen LogP contribution in [0.1, 0.15) is 34.8 Å². The van der Waals surface area contributed by atoms with Crippen LogP contribution in [0.4, 0.5) is 11.4 Å². The number of benzene rings is 2. The molecule has 1 N–H and O–H groups in total. The number of fused-ring (bicyclic) bond motifs is 1. The van der Waals surface area contributed by atoms with Crippen molar-refractivity contribution in [2.75, 3.05) is 16.8 Å². The van der Waals surface area contributed by atoms with Gasteiger partial charge in [-0.1, -0.05) is 37.3 Å². The Morgan fingerprint density at radius 1 is 1.14 bits per heavy atom. The van der Waals surface area contributed by atoms with Crippen molar-refractivity contribution in [3.63, 3.8) is 0 Å². The summed E-state index contributed by atoms with van der Waals surface area (Å²) in [7, 11) is 0. The van der Waals surface area contributed by atoms with Crippen LogP contribution in [0, 0.1) is 0 Å². The van der Waals surface area contributed by atoms with E-state index in [1.807, 2.05) is 55.6 Å². The molecular weight excluding hydrogens is 352 g/mol. The molecule has 0 bridgehead atoms. The molecule has 28 heavy (non-hydrogen) atoms. The smallest absolute Gasteiger partial charge is 0.255 e. The first-order valence-electron chi connectivity index (χ1n) is 9.45. The highest BCUT2D eigenvalue weighted by Gasteiger charge is 2.24. The van der Waals surface area contributed by atoms with Gasteiger partial charge in [-0.25, -0.2) is 0 Å². The molecule has 1 aromatic heterocycles. The van der Waals surface area contributed by atoms with Crippen LogP contribution in [0.3, 0.4) is 0 Å². The van der Waals surface area contributed by atoms with E-state index < -0.39 is 0 Å². The number of nitrogens with zero attached hydrogens (tertiary/aromatic N) is 3. The van der Waals surface area contributed by atoms with Crippen LogP contribution >= 0.6 is 0 Å². The van der Waals surface area contributed by atoms with Gasteiger partial charge in [0.25, 0.3) is 5.91 Å². The zero-order valence-electron chi connectivity index (χ0n) is 15.8. The van der Waals surface area contributed by atoms with Crippen molar-refractivity contribution in [3.05, 3.63) is 77.6 Å². The van der Waals surface area contributed by atoms with Gasteiger partial charge in [0, 0.05) is 30.4 Å². The number of carbonyl (C=O) groups is 2. The van der Waals surface area contributed by atoms with Gasteiger partial charge in [-0.15, -0.1) is 0 Å². The molecule has 4 rings (SSSR count). The number of rotatable bonds is 5. The first-order valence-corrected chi connectivity index (χ1v) is 9.45. The molecule has 0 aliphatic carbocycles. The van der Waals surface area contributed by atoms with Crippen molar-refractivity contribution >= 4 is 23.2 Å². The molecule has 2 amide bonds. The minimum absolute atomic E-state index is 0.113. The SMILES string of the molecule is CCC(=O)N1CCc2cc(C(=O)Nc3cnn(Cc4ccccc4)c3)ccc21. The molecule has 3 aromatic rings. The second-order valence-electron chi connectivity index (χ2n) is 6.86. The zero-order valence-corrected chi connectivity index (χ0v) is 15.8. The van der Waals surface area contributed by atoms with E-state index in [1.165, 1.54) is 0 Å². The first-order chi connectivity index (χ1) is 13.6. The van der Waals surface area contributed by atoms with Crippen LogP contribution in [0.5, 0.6) is 0 Å². The van der Waals surface area contributed by atoms with E-state index in [0.29, 0.717) is 30.8 Å². The molecule has 0 saturated heterocycles. The summed E-state index contributed by atoms with van der Waals surface area (Å²) < 4.78 is 1.79. The highest BCUT2D eigenvalue weighted by Crippen LogP contribution is 2.29. The number of nitrogens with one attached hydrogen (secondary N) is 1.